The monoisotopic (exact) mass is 535 g/mol. The number of carbonyl (C=O) groups excluding carboxylic acids is 2. The predicted molar refractivity (Wildman–Crippen MR) is 143 cm³/mol. The molecule has 1 atom stereocenters. The molecule has 4 heterocycles. The maximum Gasteiger partial charge on any atom is 0.256 e. The van der Waals surface area contributed by atoms with Crippen LogP contribution >= 0.6 is 11.3 Å². The van der Waals surface area contributed by atoms with E-state index in [2.05, 4.69) is 21.4 Å². The van der Waals surface area contributed by atoms with Crippen LogP contribution in [0.1, 0.15) is 28.2 Å². The zero-order chi connectivity index (χ0) is 26.3. The molecule has 0 spiro atoms. The fraction of sp³-hybridized carbons (Fsp3) is 0.231. The molecular formula is C26H25N5O4S2. The Labute approximate surface area is 218 Å². The van der Waals surface area contributed by atoms with Gasteiger partial charge < -0.3 is 10.2 Å². The normalized spacial score (nSPS) is 15.3. The highest BCUT2D eigenvalue weighted by Gasteiger charge is 2.38. The van der Waals surface area contributed by atoms with Crippen LogP contribution in [-0.4, -0.2) is 57.9 Å². The number of amides is 2. The number of anilines is 1. The zero-order valence-corrected chi connectivity index (χ0v) is 22.1. The first-order valence-electron chi connectivity index (χ1n) is 11.6. The fourth-order valence-electron chi connectivity index (χ4n) is 4.29. The lowest BCUT2D eigenvalue weighted by Crippen LogP contribution is -2.56. The van der Waals surface area contributed by atoms with Crippen molar-refractivity contribution in [2.45, 2.75) is 26.3 Å². The molecule has 190 valence electrons. The molecule has 0 bridgehead atoms. The second-order valence-electron chi connectivity index (χ2n) is 9.04. The summed E-state index contributed by atoms with van der Waals surface area (Å²) in [5.41, 5.74) is 5.94. The van der Waals surface area contributed by atoms with Crippen molar-refractivity contribution < 1.29 is 18.0 Å². The van der Waals surface area contributed by atoms with E-state index >= 15 is 0 Å². The van der Waals surface area contributed by atoms with E-state index in [-0.39, 0.29) is 17.4 Å². The minimum atomic E-state index is -3.49. The van der Waals surface area contributed by atoms with Crippen LogP contribution in [0.5, 0.6) is 0 Å². The molecule has 1 saturated heterocycles. The first-order chi connectivity index (χ1) is 17.6. The van der Waals surface area contributed by atoms with Gasteiger partial charge in [-0.3, -0.25) is 18.5 Å². The molecule has 5 rings (SSSR count). The Morgan fingerprint density at radius 2 is 1.76 bits per heavy atom. The van der Waals surface area contributed by atoms with Crippen molar-refractivity contribution in [3.8, 4) is 22.4 Å². The van der Waals surface area contributed by atoms with Crippen LogP contribution in [0.2, 0.25) is 0 Å². The summed E-state index contributed by atoms with van der Waals surface area (Å²) in [7, 11) is -3.49. The summed E-state index contributed by atoms with van der Waals surface area (Å²) in [6, 6.07) is 12.9. The van der Waals surface area contributed by atoms with Crippen molar-refractivity contribution in [2.75, 3.05) is 18.1 Å². The average Bonchev–Trinajstić information content (AvgIpc) is 3.48. The van der Waals surface area contributed by atoms with Gasteiger partial charge in [-0.25, -0.2) is 13.4 Å². The number of nitrogens with zero attached hydrogens (tertiary/aromatic N) is 4. The highest BCUT2D eigenvalue weighted by molar-refractivity contribution is 7.89. The number of thiazole rings is 1. The lowest BCUT2D eigenvalue weighted by molar-refractivity contribution is -0.123. The number of hydrogen-bond donors (Lipinski definition) is 1. The predicted octanol–water partition coefficient (Wildman–Crippen LogP) is 3.95. The molecule has 0 aliphatic carbocycles. The molecule has 1 fully saturated rings. The minimum Gasteiger partial charge on any atom is -0.326 e. The molecular weight excluding hydrogens is 510 g/mol. The third-order valence-electron chi connectivity index (χ3n) is 6.19. The summed E-state index contributed by atoms with van der Waals surface area (Å²) in [6.07, 6.45) is 4.16. The van der Waals surface area contributed by atoms with Gasteiger partial charge in [-0.2, -0.15) is 0 Å². The quantitative estimate of drug-likeness (QED) is 0.400. The van der Waals surface area contributed by atoms with Crippen molar-refractivity contribution in [1.29, 1.82) is 0 Å². The molecule has 1 aromatic carbocycles. The topological polar surface area (TPSA) is 114 Å². The Hall–Kier alpha value is -3.83. The highest BCUT2D eigenvalue weighted by atomic mass is 32.2. The van der Waals surface area contributed by atoms with Crippen molar-refractivity contribution in [3.05, 3.63) is 77.2 Å². The second-order valence-corrected chi connectivity index (χ2v) is 11.8. The molecule has 0 unspecified atom stereocenters. The van der Waals surface area contributed by atoms with E-state index in [0.717, 1.165) is 44.0 Å². The maximum atomic E-state index is 12.9. The van der Waals surface area contributed by atoms with Gasteiger partial charge in [0, 0.05) is 41.3 Å². The van der Waals surface area contributed by atoms with Crippen molar-refractivity contribution >= 4 is 38.3 Å². The molecule has 0 saturated carbocycles. The summed E-state index contributed by atoms with van der Waals surface area (Å²) >= 11 is 1.32. The summed E-state index contributed by atoms with van der Waals surface area (Å²) in [4.78, 5) is 36.2. The first kappa shape index (κ1) is 24.8. The smallest absolute Gasteiger partial charge is 0.256 e. The third-order valence-corrected chi connectivity index (χ3v) is 7.94. The zero-order valence-electron chi connectivity index (χ0n) is 20.5. The highest BCUT2D eigenvalue weighted by Crippen LogP contribution is 2.30. The Balaban J connectivity index is 1.28. The molecule has 9 nitrogen and oxygen atoms in total. The standard InChI is InChI=1S/C26H25N5O4S2/c1-16-11-21(12-17(2)27-16)18-5-4-6-19(13-18)22-15-36-26(28-22)29-24(32)23-8-10-31(23)25(33)20-7-9-30(14-20)37(3,34)35/h4-7,9,11-15,23H,8,10H2,1-3H3,(H,28,29,32)/t23-/m0/s1. The van der Waals surface area contributed by atoms with E-state index in [1.165, 1.54) is 34.7 Å². The first-order valence-corrected chi connectivity index (χ1v) is 14.3. The van der Waals surface area contributed by atoms with E-state index in [1.807, 2.05) is 49.6 Å². The number of rotatable bonds is 6. The summed E-state index contributed by atoms with van der Waals surface area (Å²) in [5, 5.41) is 5.16. The molecule has 3 aromatic heterocycles. The Morgan fingerprint density at radius 3 is 2.41 bits per heavy atom. The van der Waals surface area contributed by atoms with Crippen LogP contribution in [0.3, 0.4) is 0 Å². The van der Waals surface area contributed by atoms with Crippen LogP contribution in [0.25, 0.3) is 22.4 Å². The number of aryl methyl sites for hydroxylation is 2. The number of carbonyl (C=O) groups is 2. The number of pyridine rings is 1. The molecule has 1 aliphatic heterocycles. The molecule has 1 aliphatic rings. The number of aromatic nitrogens is 3. The third kappa shape index (κ3) is 5.18. The van der Waals surface area contributed by atoms with Gasteiger partial charge in [0.2, 0.25) is 15.9 Å². The second kappa shape index (κ2) is 9.56. The van der Waals surface area contributed by atoms with Gasteiger partial charge in [-0.1, -0.05) is 18.2 Å². The lowest BCUT2D eigenvalue weighted by atomic mass is 10.0. The molecule has 11 heteroatoms. The molecule has 4 aromatic rings. The maximum absolute atomic E-state index is 12.9. The van der Waals surface area contributed by atoms with E-state index in [4.69, 9.17) is 0 Å². The van der Waals surface area contributed by atoms with Crippen LogP contribution in [0, 0.1) is 13.8 Å². The van der Waals surface area contributed by atoms with Gasteiger partial charge in [0.25, 0.3) is 5.91 Å². The Morgan fingerprint density at radius 1 is 1.03 bits per heavy atom. The van der Waals surface area contributed by atoms with Crippen LogP contribution in [0.4, 0.5) is 5.13 Å². The fourth-order valence-corrected chi connectivity index (χ4v) is 5.60. The Kier molecular flexibility index (Phi) is 6.42. The summed E-state index contributed by atoms with van der Waals surface area (Å²) < 4.78 is 24.4. The molecule has 37 heavy (non-hydrogen) atoms. The van der Waals surface area contributed by atoms with Gasteiger partial charge in [0.15, 0.2) is 5.13 Å². The van der Waals surface area contributed by atoms with Gasteiger partial charge in [-0.05, 0) is 55.7 Å². The van der Waals surface area contributed by atoms with E-state index in [0.29, 0.717) is 18.1 Å². The van der Waals surface area contributed by atoms with Gasteiger partial charge in [-0.15, -0.1) is 11.3 Å². The molecule has 0 radical (unpaired) electrons. The van der Waals surface area contributed by atoms with Crippen LogP contribution in [-0.2, 0) is 14.8 Å². The van der Waals surface area contributed by atoms with Crippen molar-refractivity contribution in [1.82, 2.24) is 18.8 Å². The summed E-state index contributed by atoms with van der Waals surface area (Å²) in [5.74, 6) is -0.702. The van der Waals surface area contributed by atoms with E-state index < -0.39 is 16.1 Å². The van der Waals surface area contributed by atoms with E-state index in [1.54, 1.807) is 0 Å². The number of benzene rings is 1. The SMILES string of the molecule is Cc1cc(-c2cccc(-c3csc(NC(=O)[C@@H]4CCN4C(=O)c4ccn(S(C)(=O)=O)c4)n3)c2)cc(C)n1. The van der Waals surface area contributed by atoms with Gasteiger partial charge >= 0.3 is 0 Å². The van der Waals surface area contributed by atoms with Crippen LogP contribution < -0.4 is 5.32 Å². The van der Waals surface area contributed by atoms with E-state index in [9.17, 15) is 18.0 Å². The minimum absolute atomic E-state index is 0.221. The van der Waals surface area contributed by atoms with Gasteiger partial charge in [0.05, 0.1) is 17.5 Å². The lowest BCUT2D eigenvalue weighted by Gasteiger charge is -2.39. The summed E-state index contributed by atoms with van der Waals surface area (Å²) in [6.45, 7) is 4.36. The average molecular weight is 536 g/mol. The van der Waals surface area contributed by atoms with Crippen molar-refractivity contribution in [3.63, 3.8) is 0 Å². The number of hydrogen-bond acceptors (Lipinski definition) is 7. The molecule has 2 amide bonds. The number of likely N-dealkylation sites (tertiary alicyclic amines) is 1. The van der Waals surface area contributed by atoms with Crippen LogP contribution in [0.15, 0.2) is 60.2 Å². The number of nitrogens with one attached hydrogen (secondary N) is 1. The molecule has 1 N–H and O–H groups in total. The largest absolute Gasteiger partial charge is 0.326 e. The Bertz CT molecular complexity index is 1600. The van der Waals surface area contributed by atoms with Gasteiger partial charge in [0.1, 0.15) is 6.04 Å². The van der Waals surface area contributed by atoms with Crippen molar-refractivity contribution in [2.24, 2.45) is 0 Å².